The average Bonchev–Trinajstić information content (AvgIpc) is 2.85. The minimum absolute atomic E-state index is 0.109. The van der Waals surface area contributed by atoms with Gasteiger partial charge in [0.15, 0.2) is 0 Å². The van der Waals surface area contributed by atoms with Gasteiger partial charge in [0.2, 0.25) is 5.91 Å². The lowest BCUT2D eigenvalue weighted by Crippen LogP contribution is -2.39. The van der Waals surface area contributed by atoms with Gasteiger partial charge in [-0.3, -0.25) is 9.69 Å². The van der Waals surface area contributed by atoms with E-state index in [-0.39, 0.29) is 11.9 Å². The lowest BCUT2D eigenvalue weighted by atomic mass is 9.97. The molecule has 3 aromatic carbocycles. The second kappa shape index (κ2) is 7.37. The number of likely N-dealkylation sites (N-methyl/N-ethyl adjacent to an activating group) is 1. The second-order valence-corrected chi connectivity index (χ2v) is 7.27. The minimum atomic E-state index is -0.305. The van der Waals surface area contributed by atoms with Crippen LogP contribution < -0.4 is 0 Å². The van der Waals surface area contributed by atoms with E-state index in [0.29, 0.717) is 0 Å². The van der Waals surface area contributed by atoms with E-state index in [1.54, 1.807) is 4.90 Å². The molecule has 1 aliphatic rings. The molecule has 0 N–H and O–H groups in total. The molecule has 3 nitrogen and oxygen atoms in total. The first-order valence-electron chi connectivity index (χ1n) is 9.31. The fraction of sp³-hybridized carbons (Fsp3) is 0.208. The van der Waals surface area contributed by atoms with Gasteiger partial charge >= 0.3 is 0 Å². The Labute approximate surface area is 160 Å². The van der Waals surface area contributed by atoms with Crippen LogP contribution >= 0.6 is 0 Å². The molecule has 27 heavy (non-hydrogen) atoms. The highest BCUT2D eigenvalue weighted by molar-refractivity contribution is 5.83. The smallest absolute Gasteiger partial charge is 0.244 e. The third-order valence-corrected chi connectivity index (χ3v) is 5.23. The predicted molar refractivity (Wildman–Crippen MR) is 109 cm³/mol. The van der Waals surface area contributed by atoms with Gasteiger partial charge in [0.25, 0.3) is 0 Å². The predicted octanol–water partition coefficient (Wildman–Crippen LogP) is 4.50. The zero-order valence-electron chi connectivity index (χ0n) is 15.8. The van der Waals surface area contributed by atoms with E-state index in [9.17, 15) is 4.79 Å². The van der Waals surface area contributed by atoms with Gasteiger partial charge in [-0.05, 0) is 27.8 Å². The van der Waals surface area contributed by atoms with Crippen molar-refractivity contribution in [3.05, 3.63) is 95.6 Å². The fourth-order valence-electron chi connectivity index (χ4n) is 3.91. The number of nitrogens with zero attached hydrogens (tertiary/aromatic N) is 2. The quantitative estimate of drug-likeness (QED) is 0.690. The molecule has 0 bridgehead atoms. The molecule has 0 radical (unpaired) electrons. The molecule has 1 aliphatic heterocycles. The van der Waals surface area contributed by atoms with E-state index in [1.807, 2.05) is 32.3 Å². The number of hydrogen-bond acceptors (Lipinski definition) is 2. The molecule has 1 unspecified atom stereocenters. The van der Waals surface area contributed by atoms with Crippen LogP contribution in [-0.4, -0.2) is 29.8 Å². The van der Waals surface area contributed by atoms with Gasteiger partial charge in [0.1, 0.15) is 6.04 Å². The summed E-state index contributed by atoms with van der Waals surface area (Å²) >= 11 is 0. The third-order valence-electron chi connectivity index (χ3n) is 5.23. The Hall–Kier alpha value is -2.91. The monoisotopic (exact) mass is 356 g/mol. The van der Waals surface area contributed by atoms with Crippen LogP contribution in [0.2, 0.25) is 0 Å². The van der Waals surface area contributed by atoms with Gasteiger partial charge in [-0.1, -0.05) is 78.9 Å². The number of rotatable bonds is 3. The van der Waals surface area contributed by atoms with E-state index in [4.69, 9.17) is 0 Å². The summed E-state index contributed by atoms with van der Waals surface area (Å²) in [6.07, 6.45) is 0. The number of fused-ring (bicyclic) bond motifs is 3. The molecule has 3 heteroatoms. The average molecular weight is 356 g/mol. The van der Waals surface area contributed by atoms with E-state index in [0.717, 1.165) is 18.7 Å². The standard InChI is InChI=1S/C24H24N2O/c1-25(2)24(27)23(18-10-4-3-5-11-18)26-16-19-12-6-8-14-21(19)22-15-9-7-13-20(22)17-26/h3-15,23H,16-17H2,1-2H3. The van der Waals surface area contributed by atoms with Crippen LogP contribution in [0.3, 0.4) is 0 Å². The Morgan fingerprint density at radius 1 is 0.778 bits per heavy atom. The van der Waals surface area contributed by atoms with E-state index in [2.05, 4.69) is 65.6 Å². The molecule has 0 saturated heterocycles. The zero-order chi connectivity index (χ0) is 18.8. The van der Waals surface area contributed by atoms with Crippen LogP contribution in [0.4, 0.5) is 0 Å². The highest BCUT2D eigenvalue weighted by Crippen LogP contribution is 2.36. The van der Waals surface area contributed by atoms with Gasteiger partial charge in [0.05, 0.1) is 0 Å². The van der Waals surface area contributed by atoms with Crippen LogP contribution in [0.25, 0.3) is 11.1 Å². The summed E-state index contributed by atoms with van der Waals surface area (Å²) < 4.78 is 0. The van der Waals surface area contributed by atoms with Crippen molar-refractivity contribution in [1.82, 2.24) is 9.80 Å². The Kier molecular flexibility index (Phi) is 4.78. The van der Waals surface area contributed by atoms with Crippen molar-refractivity contribution in [1.29, 1.82) is 0 Å². The molecule has 0 spiro atoms. The molecule has 3 aromatic rings. The third kappa shape index (κ3) is 3.38. The number of carbonyl (C=O) groups excluding carboxylic acids is 1. The number of hydrogen-bond donors (Lipinski definition) is 0. The SMILES string of the molecule is CN(C)C(=O)C(c1ccccc1)N1Cc2ccccc2-c2ccccc2C1. The molecule has 0 fully saturated rings. The fourth-order valence-corrected chi connectivity index (χ4v) is 3.91. The molecule has 1 atom stereocenters. The van der Waals surface area contributed by atoms with Crippen LogP contribution in [0.5, 0.6) is 0 Å². The maximum absolute atomic E-state index is 13.2. The Bertz CT molecular complexity index is 902. The second-order valence-electron chi connectivity index (χ2n) is 7.27. The molecule has 0 aliphatic carbocycles. The largest absolute Gasteiger partial charge is 0.347 e. The summed E-state index contributed by atoms with van der Waals surface area (Å²) in [5.74, 6) is 0.109. The Morgan fingerprint density at radius 2 is 1.26 bits per heavy atom. The van der Waals surface area contributed by atoms with Crippen LogP contribution in [0.15, 0.2) is 78.9 Å². The van der Waals surface area contributed by atoms with Crippen LogP contribution in [0, 0.1) is 0 Å². The van der Waals surface area contributed by atoms with Crippen molar-refractivity contribution >= 4 is 5.91 Å². The van der Waals surface area contributed by atoms with Crippen molar-refractivity contribution in [2.45, 2.75) is 19.1 Å². The molecule has 1 heterocycles. The maximum atomic E-state index is 13.2. The summed E-state index contributed by atoms with van der Waals surface area (Å²) in [6, 6.07) is 26.8. The molecule has 4 rings (SSSR count). The van der Waals surface area contributed by atoms with Gasteiger partial charge in [-0.15, -0.1) is 0 Å². The summed E-state index contributed by atoms with van der Waals surface area (Å²) in [7, 11) is 3.66. The summed E-state index contributed by atoms with van der Waals surface area (Å²) in [5, 5.41) is 0. The number of amides is 1. The van der Waals surface area contributed by atoms with Crippen LogP contribution in [0.1, 0.15) is 22.7 Å². The maximum Gasteiger partial charge on any atom is 0.244 e. The molecule has 136 valence electrons. The molecular weight excluding hydrogens is 332 g/mol. The molecule has 0 saturated carbocycles. The van der Waals surface area contributed by atoms with Crippen LogP contribution in [-0.2, 0) is 17.9 Å². The highest BCUT2D eigenvalue weighted by Gasteiger charge is 2.31. The zero-order valence-corrected chi connectivity index (χ0v) is 15.8. The summed E-state index contributed by atoms with van der Waals surface area (Å²) in [6.45, 7) is 1.48. The molecule has 1 amide bonds. The van der Waals surface area contributed by atoms with Crippen molar-refractivity contribution in [2.24, 2.45) is 0 Å². The Balaban J connectivity index is 1.84. The first kappa shape index (κ1) is 17.5. The van der Waals surface area contributed by atoms with Gasteiger partial charge in [-0.25, -0.2) is 0 Å². The van der Waals surface area contributed by atoms with Gasteiger partial charge < -0.3 is 4.90 Å². The van der Waals surface area contributed by atoms with Crippen molar-refractivity contribution in [2.75, 3.05) is 14.1 Å². The van der Waals surface area contributed by atoms with E-state index >= 15 is 0 Å². The number of carbonyl (C=O) groups is 1. The van der Waals surface area contributed by atoms with E-state index in [1.165, 1.54) is 22.3 Å². The summed E-state index contributed by atoms with van der Waals surface area (Å²) in [5.41, 5.74) is 6.08. The summed E-state index contributed by atoms with van der Waals surface area (Å²) in [4.78, 5) is 17.2. The van der Waals surface area contributed by atoms with Crippen molar-refractivity contribution in [3.63, 3.8) is 0 Å². The van der Waals surface area contributed by atoms with E-state index < -0.39 is 0 Å². The normalized spacial score (nSPS) is 14.6. The first-order valence-corrected chi connectivity index (χ1v) is 9.31. The van der Waals surface area contributed by atoms with Gasteiger partial charge in [-0.2, -0.15) is 0 Å². The lowest BCUT2D eigenvalue weighted by Gasteiger charge is -2.32. The molecule has 0 aromatic heterocycles. The van der Waals surface area contributed by atoms with Gasteiger partial charge in [0, 0.05) is 27.2 Å². The highest BCUT2D eigenvalue weighted by atomic mass is 16.2. The van der Waals surface area contributed by atoms with Crippen molar-refractivity contribution < 1.29 is 4.79 Å². The number of benzene rings is 3. The van der Waals surface area contributed by atoms with Crippen molar-refractivity contribution in [3.8, 4) is 11.1 Å². The topological polar surface area (TPSA) is 23.6 Å². The minimum Gasteiger partial charge on any atom is -0.347 e. The molecular formula is C24H24N2O. The Morgan fingerprint density at radius 3 is 1.78 bits per heavy atom. The lowest BCUT2D eigenvalue weighted by molar-refractivity contribution is -0.135. The first-order chi connectivity index (χ1) is 13.1.